The number of rotatable bonds is 8. The Hall–Kier alpha value is -0.910. The molecule has 1 atom stereocenters. The van der Waals surface area contributed by atoms with Crippen LogP contribution in [0.4, 0.5) is 0 Å². The molecule has 3 fully saturated rings. The van der Waals surface area contributed by atoms with Crippen LogP contribution in [0.1, 0.15) is 58.8 Å². The Morgan fingerprint density at radius 2 is 1.55 bits per heavy atom. The summed E-state index contributed by atoms with van der Waals surface area (Å²) in [6, 6.07) is 0.514. The first-order valence-electron chi connectivity index (χ1n) is 12.1. The molecule has 1 unspecified atom stereocenters. The minimum Gasteiger partial charge on any atom is -0.340 e. The molecule has 0 spiro atoms. The van der Waals surface area contributed by atoms with Gasteiger partial charge in [0.25, 0.3) is 0 Å². The third kappa shape index (κ3) is 7.37. The first-order valence-corrected chi connectivity index (χ1v) is 12.1. The molecule has 1 saturated carbocycles. The number of nitrogens with zero attached hydrogens (tertiary/aromatic N) is 4. The van der Waals surface area contributed by atoms with Crippen LogP contribution in [0.15, 0.2) is 12.2 Å². The van der Waals surface area contributed by atoms with Gasteiger partial charge in [0, 0.05) is 77.9 Å². The molecule has 2 aliphatic heterocycles. The fraction of sp³-hybridized carbons (Fsp3) is 0.875. The lowest BCUT2D eigenvalue weighted by Crippen LogP contribution is -2.51. The minimum absolute atomic E-state index is 0.350. The highest BCUT2D eigenvalue weighted by Crippen LogP contribution is 2.25. The molecule has 0 radical (unpaired) electrons. The van der Waals surface area contributed by atoms with Crippen LogP contribution < -0.4 is 0 Å². The SMILES string of the molecule is C=C(C)CN1CCN(C(=O)CCC(C)N2CCN(CC3CCCCC3)CC2)CC1. The molecule has 3 rings (SSSR count). The summed E-state index contributed by atoms with van der Waals surface area (Å²) in [5, 5.41) is 0. The highest BCUT2D eigenvalue weighted by molar-refractivity contribution is 5.76. The van der Waals surface area contributed by atoms with Crippen LogP contribution in [-0.4, -0.2) is 97.0 Å². The Morgan fingerprint density at radius 1 is 0.931 bits per heavy atom. The van der Waals surface area contributed by atoms with Crippen molar-refractivity contribution in [3.05, 3.63) is 12.2 Å². The Kier molecular flexibility index (Phi) is 9.01. The van der Waals surface area contributed by atoms with E-state index in [1.165, 1.54) is 70.4 Å². The monoisotopic (exact) mass is 404 g/mol. The number of carbonyl (C=O) groups excluding carboxylic acids is 1. The third-order valence-electron chi connectivity index (χ3n) is 7.27. The summed E-state index contributed by atoms with van der Waals surface area (Å²) < 4.78 is 0. The Balaban J connectivity index is 1.30. The summed E-state index contributed by atoms with van der Waals surface area (Å²) >= 11 is 0. The quantitative estimate of drug-likeness (QED) is 0.582. The third-order valence-corrected chi connectivity index (χ3v) is 7.27. The van der Waals surface area contributed by atoms with Gasteiger partial charge in [0.15, 0.2) is 0 Å². The standard InChI is InChI=1S/C24H44N4O/c1-21(2)19-25-13-17-28(18-14-25)24(29)10-9-22(3)27-15-11-26(12-16-27)20-23-7-5-4-6-8-23/h22-23H,1,4-20H2,2-3H3. The lowest BCUT2D eigenvalue weighted by Gasteiger charge is -2.40. The van der Waals surface area contributed by atoms with E-state index < -0.39 is 0 Å². The number of hydrogen-bond acceptors (Lipinski definition) is 4. The van der Waals surface area contributed by atoms with Crippen LogP contribution in [0.2, 0.25) is 0 Å². The molecule has 2 saturated heterocycles. The van der Waals surface area contributed by atoms with Gasteiger partial charge in [-0.05, 0) is 39.0 Å². The van der Waals surface area contributed by atoms with Gasteiger partial charge in [-0.2, -0.15) is 0 Å². The number of carbonyl (C=O) groups is 1. The van der Waals surface area contributed by atoms with Gasteiger partial charge in [0.2, 0.25) is 5.91 Å². The van der Waals surface area contributed by atoms with E-state index in [0.717, 1.165) is 45.1 Å². The molecule has 5 heteroatoms. The molecule has 3 aliphatic rings. The largest absolute Gasteiger partial charge is 0.340 e. The first kappa shape index (κ1) is 22.8. The Bertz CT molecular complexity index is 515. The average molecular weight is 405 g/mol. The number of hydrogen-bond donors (Lipinski definition) is 0. The van der Waals surface area contributed by atoms with Crippen LogP contribution in [0.25, 0.3) is 0 Å². The smallest absolute Gasteiger partial charge is 0.222 e. The van der Waals surface area contributed by atoms with Crippen LogP contribution in [0.5, 0.6) is 0 Å². The molecule has 2 heterocycles. The molecule has 166 valence electrons. The zero-order valence-corrected chi connectivity index (χ0v) is 19.1. The van der Waals surface area contributed by atoms with Crippen molar-refractivity contribution in [2.75, 3.05) is 65.4 Å². The fourth-order valence-corrected chi connectivity index (χ4v) is 5.33. The summed E-state index contributed by atoms with van der Waals surface area (Å²) in [4.78, 5) is 22.4. The number of piperazine rings is 2. The molecular formula is C24H44N4O. The lowest BCUT2D eigenvalue weighted by atomic mass is 9.89. The summed E-state index contributed by atoms with van der Waals surface area (Å²) in [5.74, 6) is 1.30. The minimum atomic E-state index is 0.350. The van der Waals surface area contributed by atoms with Crippen LogP contribution in [0.3, 0.4) is 0 Å². The molecular weight excluding hydrogens is 360 g/mol. The van der Waals surface area contributed by atoms with Gasteiger partial charge in [-0.1, -0.05) is 31.4 Å². The molecule has 0 bridgehead atoms. The van der Waals surface area contributed by atoms with Gasteiger partial charge < -0.3 is 9.80 Å². The molecule has 0 aromatic heterocycles. The Morgan fingerprint density at radius 3 is 2.17 bits per heavy atom. The molecule has 0 aromatic carbocycles. The molecule has 1 aliphatic carbocycles. The average Bonchev–Trinajstić information content (AvgIpc) is 2.73. The predicted octanol–water partition coefficient (Wildman–Crippen LogP) is 3.07. The van der Waals surface area contributed by atoms with E-state index in [1.54, 1.807) is 0 Å². The van der Waals surface area contributed by atoms with Gasteiger partial charge in [-0.3, -0.25) is 14.6 Å². The van der Waals surface area contributed by atoms with Crippen molar-refractivity contribution < 1.29 is 4.79 Å². The van der Waals surface area contributed by atoms with Gasteiger partial charge in [-0.15, -0.1) is 0 Å². The van der Waals surface area contributed by atoms with E-state index >= 15 is 0 Å². The maximum atomic E-state index is 12.7. The number of amides is 1. The maximum absolute atomic E-state index is 12.7. The van der Waals surface area contributed by atoms with E-state index in [9.17, 15) is 4.79 Å². The Labute approximate surface area is 179 Å². The molecule has 0 N–H and O–H groups in total. The van der Waals surface area contributed by atoms with Crippen molar-refractivity contribution in [3.8, 4) is 0 Å². The second kappa shape index (κ2) is 11.5. The van der Waals surface area contributed by atoms with E-state index in [-0.39, 0.29) is 0 Å². The summed E-state index contributed by atoms with van der Waals surface area (Å²) in [5.41, 5.74) is 1.21. The lowest BCUT2D eigenvalue weighted by molar-refractivity contribution is -0.133. The van der Waals surface area contributed by atoms with Crippen LogP contribution in [-0.2, 0) is 4.79 Å². The van der Waals surface area contributed by atoms with Gasteiger partial charge in [0.05, 0.1) is 0 Å². The molecule has 29 heavy (non-hydrogen) atoms. The van der Waals surface area contributed by atoms with Crippen molar-refractivity contribution in [2.24, 2.45) is 5.92 Å². The van der Waals surface area contributed by atoms with Gasteiger partial charge in [0.1, 0.15) is 0 Å². The normalized spacial score (nSPS) is 24.6. The van der Waals surface area contributed by atoms with Crippen molar-refractivity contribution in [1.82, 2.24) is 19.6 Å². The van der Waals surface area contributed by atoms with E-state index in [0.29, 0.717) is 18.4 Å². The second-order valence-electron chi connectivity index (χ2n) is 9.84. The zero-order valence-electron chi connectivity index (χ0n) is 19.1. The summed E-state index contributed by atoms with van der Waals surface area (Å²) in [7, 11) is 0. The second-order valence-corrected chi connectivity index (χ2v) is 9.84. The predicted molar refractivity (Wildman–Crippen MR) is 121 cm³/mol. The van der Waals surface area contributed by atoms with Crippen molar-refractivity contribution in [2.45, 2.75) is 64.8 Å². The van der Waals surface area contributed by atoms with Crippen molar-refractivity contribution >= 4 is 5.91 Å². The van der Waals surface area contributed by atoms with E-state index in [2.05, 4.69) is 40.0 Å². The van der Waals surface area contributed by atoms with Crippen LogP contribution in [0, 0.1) is 5.92 Å². The highest BCUT2D eigenvalue weighted by atomic mass is 16.2. The van der Waals surface area contributed by atoms with Gasteiger partial charge >= 0.3 is 0 Å². The topological polar surface area (TPSA) is 30.0 Å². The van der Waals surface area contributed by atoms with Crippen LogP contribution >= 0.6 is 0 Å². The highest BCUT2D eigenvalue weighted by Gasteiger charge is 2.25. The van der Waals surface area contributed by atoms with Crippen molar-refractivity contribution in [3.63, 3.8) is 0 Å². The fourth-order valence-electron chi connectivity index (χ4n) is 5.33. The van der Waals surface area contributed by atoms with Gasteiger partial charge in [-0.25, -0.2) is 0 Å². The van der Waals surface area contributed by atoms with Crippen molar-refractivity contribution in [1.29, 1.82) is 0 Å². The summed E-state index contributed by atoms with van der Waals surface area (Å²) in [6.45, 7) is 19.1. The van der Waals surface area contributed by atoms with E-state index in [1.807, 2.05) is 0 Å². The molecule has 5 nitrogen and oxygen atoms in total. The first-order chi connectivity index (χ1) is 14.0. The molecule has 1 amide bonds. The maximum Gasteiger partial charge on any atom is 0.222 e. The molecule has 0 aromatic rings. The zero-order chi connectivity index (χ0) is 20.6. The van der Waals surface area contributed by atoms with E-state index in [4.69, 9.17) is 0 Å². The summed E-state index contributed by atoms with van der Waals surface area (Å²) in [6.07, 6.45) is 8.92.